The van der Waals surface area contributed by atoms with Gasteiger partial charge in [0.25, 0.3) is 0 Å². The van der Waals surface area contributed by atoms with Gasteiger partial charge in [-0.1, -0.05) is 25.8 Å². The highest BCUT2D eigenvalue weighted by atomic mass is 32.2. The molecule has 0 atom stereocenters. The number of aliphatic hydroxyl groups excluding tert-OH is 1. The molecule has 0 heterocycles. The Labute approximate surface area is 72.9 Å². The van der Waals surface area contributed by atoms with Crippen molar-refractivity contribution < 1.29 is 5.11 Å². The van der Waals surface area contributed by atoms with Crippen LogP contribution in [0.1, 0.15) is 32.1 Å². The molecule has 0 amide bonds. The highest BCUT2D eigenvalue weighted by Gasteiger charge is 2.13. The van der Waals surface area contributed by atoms with E-state index >= 15 is 0 Å². The number of rotatable bonds is 3. The summed E-state index contributed by atoms with van der Waals surface area (Å²) in [7, 11) is 0. The predicted molar refractivity (Wildman–Crippen MR) is 51.1 cm³/mol. The van der Waals surface area contributed by atoms with Crippen molar-refractivity contribution in [3.63, 3.8) is 0 Å². The monoisotopic (exact) mass is 172 g/mol. The van der Waals surface area contributed by atoms with E-state index in [2.05, 4.69) is 6.58 Å². The van der Waals surface area contributed by atoms with Gasteiger partial charge in [-0.25, -0.2) is 0 Å². The molecule has 0 aromatic carbocycles. The molecule has 0 aliphatic heterocycles. The van der Waals surface area contributed by atoms with Gasteiger partial charge in [-0.2, -0.15) is 11.8 Å². The minimum Gasteiger partial charge on any atom is -0.512 e. The van der Waals surface area contributed by atoms with E-state index in [4.69, 9.17) is 5.11 Å². The molecule has 2 heteroatoms. The van der Waals surface area contributed by atoms with Crippen LogP contribution in [-0.4, -0.2) is 16.1 Å². The van der Waals surface area contributed by atoms with Crippen molar-refractivity contribution in [3.8, 4) is 0 Å². The minimum absolute atomic E-state index is 0.320. The van der Waals surface area contributed by atoms with E-state index < -0.39 is 0 Å². The maximum atomic E-state index is 8.87. The van der Waals surface area contributed by atoms with Crippen LogP contribution in [0.3, 0.4) is 0 Å². The van der Waals surface area contributed by atoms with Crippen molar-refractivity contribution in [1.82, 2.24) is 0 Å². The van der Waals surface area contributed by atoms with Gasteiger partial charge in [-0.3, -0.25) is 0 Å². The van der Waals surface area contributed by atoms with Gasteiger partial charge in [0.2, 0.25) is 0 Å². The Bertz CT molecular complexity index is 128. The lowest BCUT2D eigenvalue weighted by Crippen LogP contribution is -2.08. The molecule has 0 bridgehead atoms. The quantitative estimate of drug-likeness (QED) is 0.660. The summed E-state index contributed by atoms with van der Waals surface area (Å²) >= 11 is 1.86. The maximum Gasteiger partial charge on any atom is 0.0950 e. The lowest BCUT2D eigenvalue weighted by atomic mass is 10.0. The van der Waals surface area contributed by atoms with Crippen LogP contribution in [0, 0.1) is 0 Å². The molecule has 1 N–H and O–H groups in total. The fourth-order valence-electron chi connectivity index (χ4n) is 1.45. The van der Waals surface area contributed by atoms with Gasteiger partial charge in [0.1, 0.15) is 0 Å². The first-order valence-electron chi connectivity index (χ1n) is 4.27. The molecular weight excluding hydrogens is 156 g/mol. The van der Waals surface area contributed by atoms with E-state index in [0.717, 1.165) is 11.0 Å². The fraction of sp³-hybridized carbons (Fsp3) is 0.778. The summed E-state index contributed by atoms with van der Waals surface area (Å²) < 4.78 is 0. The van der Waals surface area contributed by atoms with Crippen LogP contribution in [0.25, 0.3) is 0 Å². The zero-order valence-electron chi connectivity index (χ0n) is 6.88. The topological polar surface area (TPSA) is 20.2 Å². The van der Waals surface area contributed by atoms with Crippen LogP contribution >= 0.6 is 11.8 Å². The molecule has 1 nitrogen and oxygen atoms in total. The van der Waals surface area contributed by atoms with Crippen molar-refractivity contribution in [2.45, 2.75) is 37.4 Å². The van der Waals surface area contributed by atoms with Gasteiger partial charge in [0.15, 0.2) is 0 Å². The van der Waals surface area contributed by atoms with E-state index in [9.17, 15) is 0 Å². The SMILES string of the molecule is C=C(O)CSC1CCCCC1. The maximum absolute atomic E-state index is 8.87. The van der Waals surface area contributed by atoms with Crippen molar-refractivity contribution in [3.05, 3.63) is 12.3 Å². The summed E-state index contributed by atoms with van der Waals surface area (Å²) in [6, 6.07) is 0. The van der Waals surface area contributed by atoms with Crippen LogP contribution in [0.5, 0.6) is 0 Å². The number of aliphatic hydroxyl groups is 1. The number of hydrogen-bond donors (Lipinski definition) is 1. The second-order valence-electron chi connectivity index (χ2n) is 3.14. The van der Waals surface area contributed by atoms with E-state index in [1.807, 2.05) is 11.8 Å². The summed E-state index contributed by atoms with van der Waals surface area (Å²) in [5.74, 6) is 1.05. The van der Waals surface area contributed by atoms with E-state index in [-0.39, 0.29) is 0 Å². The second kappa shape index (κ2) is 4.70. The summed E-state index contributed by atoms with van der Waals surface area (Å²) in [6.07, 6.45) is 6.80. The van der Waals surface area contributed by atoms with E-state index in [1.165, 1.54) is 32.1 Å². The molecule has 1 aliphatic carbocycles. The predicted octanol–water partition coefficient (Wildman–Crippen LogP) is 3.12. The van der Waals surface area contributed by atoms with Gasteiger partial charge < -0.3 is 5.11 Å². The first kappa shape index (κ1) is 8.98. The largest absolute Gasteiger partial charge is 0.512 e. The third-order valence-corrected chi connectivity index (χ3v) is 3.48. The van der Waals surface area contributed by atoms with Gasteiger partial charge in [-0.05, 0) is 12.8 Å². The second-order valence-corrected chi connectivity index (χ2v) is 4.43. The number of thioether (sulfide) groups is 1. The van der Waals surface area contributed by atoms with Gasteiger partial charge in [0.05, 0.1) is 11.5 Å². The van der Waals surface area contributed by atoms with Crippen LogP contribution in [0.4, 0.5) is 0 Å². The molecule has 1 saturated carbocycles. The third kappa shape index (κ3) is 3.71. The summed E-state index contributed by atoms with van der Waals surface area (Å²) in [4.78, 5) is 0. The lowest BCUT2D eigenvalue weighted by molar-refractivity contribution is 0.419. The molecule has 1 rings (SSSR count). The Morgan fingerprint density at radius 3 is 2.55 bits per heavy atom. The molecule has 11 heavy (non-hydrogen) atoms. The van der Waals surface area contributed by atoms with Crippen LogP contribution < -0.4 is 0 Å². The average molecular weight is 172 g/mol. The van der Waals surface area contributed by atoms with Gasteiger partial charge >= 0.3 is 0 Å². The highest BCUT2D eigenvalue weighted by Crippen LogP contribution is 2.28. The minimum atomic E-state index is 0.320. The highest BCUT2D eigenvalue weighted by molar-refractivity contribution is 8.00. The summed E-state index contributed by atoms with van der Waals surface area (Å²) in [6.45, 7) is 3.47. The Morgan fingerprint density at radius 1 is 1.36 bits per heavy atom. The van der Waals surface area contributed by atoms with Crippen molar-refractivity contribution in [2.24, 2.45) is 0 Å². The third-order valence-electron chi connectivity index (χ3n) is 2.04. The molecule has 0 spiro atoms. The molecule has 0 saturated heterocycles. The number of hydrogen-bond acceptors (Lipinski definition) is 2. The molecule has 0 unspecified atom stereocenters. The van der Waals surface area contributed by atoms with Crippen molar-refractivity contribution in [1.29, 1.82) is 0 Å². The molecule has 1 aliphatic rings. The molecule has 1 fully saturated rings. The van der Waals surface area contributed by atoms with Crippen LogP contribution in [0.15, 0.2) is 12.3 Å². The van der Waals surface area contributed by atoms with Crippen LogP contribution in [-0.2, 0) is 0 Å². The summed E-state index contributed by atoms with van der Waals surface area (Å²) in [5, 5.41) is 9.65. The van der Waals surface area contributed by atoms with Crippen molar-refractivity contribution in [2.75, 3.05) is 5.75 Å². The molecule has 64 valence electrons. The Hall–Kier alpha value is -0.110. The zero-order chi connectivity index (χ0) is 8.10. The smallest absolute Gasteiger partial charge is 0.0950 e. The standard InChI is InChI=1S/C9H16OS/c1-8(10)7-11-9-5-3-2-4-6-9/h9-10H,1-7H2. The Kier molecular flexibility index (Phi) is 3.84. The summed E-state index contributed by atoms with van der Waals surface area (Å²) in [5.41, 5.74) is 0. The molecular formula is C9H16OS. The first-order valence-corrected chi connectivity index (χ1v) is 5.32. The van der Waals surface area contributed by atoms with E-state index in [1.54, 1.807) is 0 Å². The van der Waals surface area contributed by atoms with Gasteiger partial charge in [0, 0.05) is 5.25 Å². The molecule has 0 aromatic rings. The first-order chi connectivity index (χ1) is 5.29. The van der Waals surface area contributed by atoms with E-state index in [0.29, 0.717) is 5.76 Å². The van der Waals surface area contributed by atoms with Gasteiger partial charge in [-0.15, -0.1) is 0 Å². The molecule has 0 aromatic heterocycles. The van der Waals surface area contributed by atoms with Crippen LogP contribution in [0.2, 0.25) is 0 Å². The normalized spacial score (nSPS) is 20.0. The average Bonchev–Trinajstić information content (AvgIpc) is 2.03. The Morgan fingerprint density at radius 2 is 2.00 bits per heavy atom. The fourth-order valence-corrected chi connectivity index (χ4v) is 2.54. The molecule has 0 radical (unpaired) electrons. The van der Waals surface area contributed by atoms with Crippen molar-refractivity contribution >= 4 is 11.8 Å². The lowest BCUT2D eigenvalue weighted by Gasteiger charge is -2.20. The zero-order valence-corrected chi connectivity index (χ0v) is 7.70. The Balaban J connectivity index is 2.09.